The van der Waals surface area contributed by atoms with Gasteiger partial charge in [0.1, 0.15) is 11.9 Å². The van der Waals surface area contributed by atoms with E-state index in [0.717, 1.165) is 0 Å². The molecule has 0 aliphatic heterocycles. The zero-order valence-corrected chi connectivity index (χ0v) is 9.90. The second kappa shape index (κ2) is 6.20. The molecule has 0 bridgehead atoms. The molecule has 5 heteroatoms. The second-order valence-electron chi connectivity index (χ2n) is 3.89. The lowest BCUT2D eigenvalue weighted by Gasteiger charge is -2.29. The maximum atomic E-state index is 13.1. The molecule has 0 aromatic heterocycles. The van der Waals surface area contributed by atoms with Crippen LogP contribution in [0.3, 0.4) is 0 Å². The molecule has 1 unspecified atom stereocenters. The first-order valence-electron chi connectivity index (χ1n) is 5.58. The lowest BCUT2D eigenvalue weighted by molar-refractivity contribution is -0.118. The summed E-state index contributed by atoms with van der Waals surface area (Å²) in [5.41, 5.74) is 11.4. The third-order valence-electron chi connectivity index (χ3n) is 2.62. The Bertz CT molecular complexity index is 384. The number of benzene rings is 1. The molecule has 0 saturated carbocycles. The molecule has 1 amide bonds. The maximum Gasteiger partial charge on any atom is 0.239 e. The number of halogens is 1. The van der Waals surface area contributed by atoms with Gasteiger partial charge in [0.15, 0.2) is 0 Å². The highest BCUT2D eigenvalue weighted by Gasteiger charge is 2.19. The van der Waals surface area contributed by atoms with Crippen LogP contribution < -0.4 is 16.4 Å². The molecule has 0 heterocycles. The van der Waals surface area contributed by atoms with Crippen molar-refractivity contribution in [3.8, 4) is 0 Å². The molecule has 94 valence electrons. The minimum atomic E-state index is -0.483. The summed E-state index contributed by atoms with van der Waals surface area (Å²) < 4.78 is 13.1. The monoisotopic (exact) mass is 239 g/mol. The van der Waals surface area contributed by atoms with Crippen LogP contribution in [0.2, 0.25) is 0 Å². The molecule has 0 aliphatic rings. The molecule has 0 radical (unpaired) electrons. The van der Waals surface area contributed by atoms with E-state index < -0.39 is 11.9 Å². The van der Waals surface area contributed by atoms with Gasteiger partial charge in [-0.05, 0) is 38.1 Å². The van der Waals surface area contributed by atoms with E-state index in [9.17, 15) is 9.18 Å². The van der Waals surface area contributed by atoms with E-state index in [1.165, 1.54) is 12.1 Å². The number of rotatable bonds is 6. The van der Waals surface area contributed by atoms with Gasteiger partial charge in [-0.15, -0.1) is 0 Å². The molecule has 0 spiro atoms. The van der Waals surface area contributed by atoms with Gasteiger partial charge in [0.05, 0.1) is 0 Å². The standard InChI is InChI=1S/C12H18FN3O/c1-9(12(15)17)16(7-3-6-14)11-5-2-4-10(13)8-11/h2,4-5,8-9H,3,6-7,14H2,1H3,(H2,15,17). The molecule has 4 nitrogen and oxygen atoms in total. The van der Waals surface area contributed by atoms with Crippen molar-refractivity contribution in [1.29, 1.82) is 0 Å². The number of primary amides is 1. The van der Waals surface area contributed by atoms with E-state index in [1.807, 2.05) is 0 Å². The Morgan fingerprint density at radius 1 is 1.53 bits per heavy atom. The van der Waals surface area contributed by atoms with Gasteiger partial charge in [0.2, 0.25) is 5.91 Å². The van der Waals surface area contributed by atoms with Crippen molar-refractivity contribution >= 4 is 11.6 Å². The fraction of sp³-hybridized carbons (Fsp3) is 0.417. The highest BCUT2D eigenvalue weighted by atomic mass is 19.1. The number of hydrogen-bond donors (Lipinski definition) is 2. The van der Waals surface area contributed by atoms with Crippen molar-refractivity contribution in [1.82, 2.24) is 0 Å². The molecule has 0 fully saturated rings. The van der Waals surface area contributed by atoms with E-state index in [4.69, 9.17) is 11.5 Å². The van der Waals surface area contributed by atoms with Gasteiger partial charge in [-0.1, -0.05) is 6.07 Å². The lowest BCUT2D eigenvalue weighted by Crippen LogP contribution is -2.43. The molecule has 1 rings (SSSR count). The SMILES string of the molecule is CC(C(N)=O)N(CCCN)c1cccc(F)c1. The van der Waals surface area contributed by atoms with E-state index in [1.54, 1.807) is 24.0 Å². The molecule has 1 atom stereocenters. The van der Waals surface area contributed by atoms with E-state index in [2.05, 4.69) is 0 Å². The number of hydrogen-bond acceptors (Lipinski definition) is 3. The average Bonchev–Trinajstić information content (AvgIpc) is 2.29. The largest absolute Gasteiger partial charge is 0.368 e. The van der Waals surface area contributed by atoms with Gasteiger partial charge in [0.25, 0.3) is 0 Å². The van der Waals surface area contributed by atoms with Crippen molar-refractivity contribution in [3.05, 3.63) is 30.1 Å². The minimum absolute atomic E-state index is 0.336. The minimum Gasteiger partial charge on any atom is -0.368 e. The zero-order valence-electron chi connectivity index (χ0n) is 9.90. The number of carbonyl (C=O) groups excluding carboxylic acids is 1. The Kier molecular flexibility index (Phi) is 4.90. The summed E-state index contributed by atoms with van der Waals surface area (Å²) in [6.07, 6.45) is 0.716. The summed E-state index contributed by atoms with van der Waals surface area (Å²) in [5, 5.41) is 0. The highest BCUT2D eigenvalue weighted by Crippen LogP contribution is 2.18. The zero-order chi connectivity index (χ0) is 12.8. The topological polar surface area (TPSA) is 72.4 Å². The van der Waals surface area contributed by atoms with Gasteiger partial charge in [-0.25, -0.2) is 4.39 Å². The van der Waals surface area contributed by atoms with E-state index >= 15 is 0 Å². The van der Waals surface area contributed by atoms with Crippen molar-refractivity contribution in [2.75, 3.05) is 18.0 Å². The van der Waals surface area contributed by atoms with Crippen molar-refractivity contribution < 1.29 is 9.18 Å². The van der Waals surface area contributed by atoms with Crippen LogP contribution in [0.25, 0.3) is 0 Å². The van der Waals surface area contributed by atoms with Crippen molar-refractivity contribution in [2.24, 2.45) is 11.5 Å². The molecule has 1 aromatic carbocycles. The first-order valence-corrected chi connectivity index (χ1v) is 5.58. The molecule has 1 aromatic rings. The highest BCUT2D eigenvalue weighted by molar-refractivity contribution is 5.83. The average molecular weight is 239 g/mol. The van der Waals surface area contributed by atoms with Crippen LogP contribution in [-0.2, 0) is 4.79 Å². The predicted octanol–water partition coefficient (Wildman–Crippen LogP) is 0.855. The Balaban J connectivity index is 2.92. The van der Waals surface area contributed by atoms with Crippen LogP contribution in [-0.4, -0.2) is 25.0 Å². The fourth-order valence-corrected chi connectivity index (χ4v) is 1.62. The van der Waals surface area contributed by atoms with Crippen LogP contribution in [0, 0.1) is 5.82 Å². The van der Waals surface area contributed by atoms with Gasteiger partial charge in [0, 0.05) is 12.2 Å². The number of carbonyl (C=O) groups is 1. The first kappa shape index (κ1) is 13.4. The van der Waals surface area contributed by atoms with Crippen LogP contribution in [0.5, 0.6) is 0 Å². The maximum absolute atomic E-state index is 13.1. The van der Waals surface area contributed by atoms with Crippen molar-refractivity contribution in [3.63, 3.8) is 0 Å². The van der Waals surface area contributed by atoms with Gasteiger partial charge < -0.3 is 16.4 Å². The molecular weight excluding hydrogens is 221 g/mol. The van der Waals surface area contributed by atoms with Crippen LogP contribution in [0.1, 0.15) is 13.3 Å². The van der Waals surface area contributed by atoms with Crippen LogP contribution in [0.4, 0.5) is 10.1 Å². The fourth-order valence-electron chi connectivity index (χ4n) is 1.62. The predicted molar refractivity (Wildman–Crippen MR) is 66.1 cm³/mol. The Labute approximate surface area is 100 Å². The van der Waals surface area contributed by atoms with Crippen LogP contribution >= 0.6 is 0 Å². The molecule has 4 N–H and O–H groups in total. The molecule has 0 aliphatic carbocycles. The Morgan fingerprint density at radius 2 is 2.24 bits per heavy atom. The third-order valence-corrected chi connectivity index (χ3v) is 2.62. The number of anilines is 1. The quantitative estimate of drug-likeness (QED) is 0.773. The van der Waals surface area contributed by atoms with Gasteiger partial charge in [-0.3, -0.25) is 4.79 Å². The number of nitrogens with zero attached hydrogens (tertiary/aromatic N) is 1. The van der Waals surface area contributed by atoms with E-state index in [0.29, 0.717) is 25.2 Å². The third kappa shape index (κ3) is 3.71. The van der Waals surface area contributed by atoms with Crippen LogP contribution in [0.15, 0.2) is 24.3 Å². The van der Waals surface area contributed by atoms with Gasteiger partial charge >= 0.3 is 0 Å². The van der Waals surface area contributed by atoms with E-state index in [-0.39, 0.29) is 5.82 Å². The lowest BCUT2D eigenvalue weighted by atomic mass is 10.2. The Morgan fingerprint density at radius 3 is 2.76 bits per heavy atom. The Hall–Kier alpha value is -1.62. The summed E-state index contributed by atoms with van der Waals surface area (Å²) in [6, 6.07) is 5.62. The summed E-state index contributed by atoms with van der Waals surface area (Å²) in [6.45, 7) is 2.78. The number of nitrogens with two attached hydrogens (primary N) is 2. The first-order chi connectivity index (χ1) is 8.06. The summed E-state index contributed by atoms with van der Waals surface area (Å²) in [5.74, 6) is -0.775. The van der Waals surface area contributed by atoms with Gasteiger partial charge in [-0.2, -0.15) is 0 Å². The van der Waals surface area contributed by atoms with Crippen molar-refractivity contribution in [2.45, 2.75) is 19.4 Å². The normalized spacial score (nSPS) is 12.2. The smallest absolute Gasteiger partial charge is 0.239 e. The number of amides is 1. The molecular formula is C12H18FN3O. The summed E-state index contributed by atoms with van der Waals surface area (Å²) >= 11 is 0. The summed E-state index contributed by atoms with van der Waals surface area (Å²) in [7, 11) is 0. The molecule has 0 saturated heterocycles. The summed E-state index contributed by atoms with van der Waals surface area (Å²) in [4.78, 5) is 13.0. The molecule has 17 heavy (non-hydrogen) atoms. The second-order valence-corrected chi connectivity index (χ2v) is 3.89.